The number of rotatable bonds is 3. The van der Waals surface area contributed by atoms with Crippen LogP contribution < -0.4 is 20.1 Å². The van der Waals surface area contributed by atoms with Crippen molar-refractivity contribution in [3.05, 3.63) is 23.3 Å². The number of urea groups is 1. The first-order valence-electron chi connectivity index (χ1n) is 5.55. The summed E-state index contributed by atoms with van der Waals surface area (Å²) in [7, 11) is 1.60. The molecule has 1 heterocycles. The van der Waals surface area contributed by atoms with Gasteiger partial charge < -0.3 is 20.1 Å². The van der Waals surface area contributed by atoms with E-state index in [1.807, 2.05) is 19.1 Å². The van der Waals surface area contributed by atoms with Crippen molar-refractivity contribution >= 4 is 6.03 Å². The molecule has 0 saturated heterocycles. The molecule has 92 valence electrons. The molecular weight excluding hydrogens is 220 g/mol. The summed E-state index contributed by atoms with van der Waals surface area (Å²) in [4.78, 5) is 11.0. The van der Waals surface area contributed by atoms with Gasteiger partial charge in [0.25, 0.3) is 0 Å². The Kier molecular flexibility index (Phi) is 3.37. The minimum absolute atomic E-state index is 0.164. The number of fused-ring (bicyclic) bond motifs is 1. The summed E-state index contributed by atoms with van der Waals surface area (Å²) < 4.78 is 10.6. The van der Waals surface area contributed by atoms with E-state index in [-0.39, 0.29) is 12.8 Å². The molecule has 0 bridgehead atoms. The van der Waals surface area contributed by atoms with Crippen LogP contribution in [-0.4, -0.2) is 26.4 Å². The van der Waals surface area contributed by atoms with Gasteiger partial charge in [-0.2, -0.15) is 0 Å². The van der Waals surface area contributed by atoms with E-state index in [2.05, 4.69) is 10.6 Å². The maximum Gasteiger partial charge on any atom is 0.314 e. The van der Waals surface area contributed by atoms with Crippen molar-refractivity contribution in [1.82, 2.24) is 10.6 Å². The van der Waals surface area contributed by atoms with Crippen molar-refractivity contribution in [3.63, 3.8) is 0 Å². The van der Waals surface area contributed by atoms with Gasteiger partial charge >= 0.3 is 6.03 Å². The smallest absolute Gasteiger partial charge is 0.314 e. The molecule has 2 rings (SSSR count). The van der Waals surface area contributed by atoms with E-state index in [1.54, 1.807) is 7.05 Å². The minimum atomic E-state index is -0.164. The Morgan fingerprint density at radius 3 is 2.76 bits per heavy atom. The van der Waals surface area contributed by atoms with Gasteiger partial charge in [-0.05, 0) is 36.6 Å². The van der Waals surface area contributed by atoms with Gasteiger partial charge in [-0.15, -0.1) is 0 Å². The van der Waals surface area contributed by atoms with Gasteiger partial charge in [0.1, 0.15) is 0 Å². The number of carbonyl (C=O) groups is 1. The van der Waals surface area contributed by atoms with Crippen LogP contribution in [0.4, 0.5) is 4.79 Å². The number of ether oxygens (including phenoxy) is 2. The average molecular weight is 236 g/mol. The van der Waals surface area contributed by atoms with Gasteiger partial charge in [0, 0.05) is 13.6 Å². The number of nitrogens with one attached hydrogen (secondary N) is 2. The highest BCUT2D eigenvalue weighted by molar-refractivity contribution is 5.73. The topological polar surface area (TPSA) is 59.6 Å². The molecule has 1 aromatic carbocycles. The highest BCUT2D eigenvalue weighted by Gasteiger charge is 2.15. The minimum Gasteiger partial charge on any atom is -0.454 e. The Hall–Kier alpha value is -1.91. The molecule has 1 aromatic rings. The zero-order valence-corrected chi connectivity index (χ0v) is 10.0. The fourth-order valence-electron chi connectivity index (χ4n) is 1.75. The molecule has 1 aliphatic rings. The molecule has 0 spiro atoms. The molecule has 0 saturated carbocycles. The summed E-state index contributed by atoms with van der Waals surface area (Å²) in [6.45, 7) is 2.91. The molecule has 0 fully saturated rings. The molecule has 0 aliphatic carbocycles. The molecule has 2 amide bonds. The summed E-state index contributed by atoms with van der Waals surface area (Å²) >= 11 is 0. The second-order valence-electron chi connectivity index (χ2n) is 3.89. The number of amides is 2. The molecule has 1 aliphatic heterocycles. The molecular formula is C12H16N2O3. The lowest BCUT2D eigenvalue weighted by molar-refractivity contribution is 0.174. The van der Waals surface area contributed by atoms with Crippen molar-refractivity contribution in [2.75, 3.05) is 20.4 Å². The van der Waals surface area contributed by atoms with Crippen LogP contribution in [0, 0.1) is 6.92 Å². The van der Waals surface area contributed by atoms with Crippen LogP contribution in [0.2, 0.25) is 0 Å². The monoisotopic (exact) mass is 236 g/mol. The number of carbonyl (C=O) groups excluding carboxylic acids is 1. The van der Waals surface area contributed by atoms with Crippen molar-refractivity contribution in [2.24, 2.45) is 0 Å². The number of hydrogen-bond donors (Lipinski definition) is 2. The summed E-state index contributed by atoms with van der Waals surface area (Å²) in [6.07, 6.45) is 0.774. The first kappa shape index (κ1) is 11.6. The van der Waals surface area contributed by atoms with Gasteiger partial charge in [-0.3, -0.25) is 0 Å². The predicted molar refractivity (Wildman–Crippen MR) is 63.5 cm³/mol. The van der Waals surface area contributed by atoms with Gasteiger partial charge in [-0.25, -0.2) is 4.79 Å². The molecule has 5 nitrogen and oxygen atoms in total. The normalized spacial score (nSPS) is 12.4. The summed E-state index contributed by atoms with van der Waals surface area (Å²) in [6, 6.07) is 3.78. The molecule has 0 radical (unpaired) electrons. The molecule has 2 N–H and O–H groups in total. The van der Waals surface area contributed by atoms with E-state index in [1.165, 1.54) is 0 Å². The lowest BCUT2D eigenvalue weighted by Crippen LogP contribution is -2.34. The van der Waals surface area contributed by atoms with Gasteiger partial charge in [0.05, 0.1) is 0 Å². The van der Waals surface area contributed by atoms with Crippen LogP contribution >= 0.6 is 0 Å². The van der Waals surface area contributed by atoms with Crippen molar-refractivity contribution in [2.45, 2.75) is 13.3 Å². The van der Waals surface area contributed by atoms with E-state index >= 15 is 0 Å². The lowest BCUT2D eigenvalue weighted by atomic mass is 10.0. The molecule has 0 unspecified atom stereocenters. The first-order valence-corrected chi connectivity index (χ1v) is 5.55. The van der Waals surface area contributed by atoms with E-state index in [0.717, 1.165) is 29.0 Å². The molecule has 17 heavy (non-hydrogen) atoms. The maximum absolute atomic E-state index is 11.0. The van der Waals surface area contributed by atoms with Crippen LogP contribution in [-0.2, 0) is 6.42 Å². The van der Waals surface area contributed by atoms with Crippen LogP contribution in [0.5, 0.6) is 11.5 Å². The standard InChI is InChI=1S/C12H16N2O3/c1-8-5-10-11(17-7-16-10)6-9(8)3-4-14-12(15)13-2/h5-6H,3-4,7H2,1-2H3,(H2,13,14,15). The lowest BCUT2D eigenvalue weighted by Gasteiger charge is -2.08. The Balaban J connectivity index is 1.99. The van der Waals surface area contributed by atoms with Crippen LogP contribution in [0.1, 0.15) is 11.1 Å². The van der Waals surface area contributed by atoms with E-state index in [9.17, 15) is 4.79 Å². The third-order valence-electron chi connectivity index (χ3n) is 2.74. The Labute approximate surface area is 100 Å². The van der Waals surface area contributed by atoms with Crippen LogP contribution in [0.15, 0.2) is 12.1 Å². The zero-order valence-electron chi connectivity index (χ0n) is 10.0. The first-order chi connectivity index (χ1) is 8.20. The van der Waals surface area contributed by atoms with Crippen LogP contribution in [0.3, 0.4) is 0 Å². The predicted octanol–water partition coefficient (Wildman–Crippen LogP) is 1.20. The molecule has 0 atom stereocenters. The largest absolute Gasteiger partial charge is 0.454 e. The summed E-state index contributed by atoms with van der Waals surface area (Å²) in [5, 5.41) is 5.27. The van der Waals surface area contributed by atoms with Gasteiger partial charge in [0.2, 0.25) is 6.79 Å². The fourth-order valence-corrected chi connectivity index (χ4v) is 1.75. The molecule has 5 heteroatoms. The van der Waals surface area contributed by atoms with Crippen molar-refractivity contribution in [3.8, 4) is 11.5 Å². The summed E-state index contributed by atoms with van der Waals surface area (Å²) in [5.41, 5.74) is 2.30. The summed E-state index contributed by atoms with van der Waals surface area (Å²) in [5.74, 6) is 1.58. The Bertz CT molecular complexity index is 432. The average Bonchev–Trinajstić information content (AvgIpc) is 2.76. The zero-order chi connectivity index (χ0) is 12.3. The third kappa shape index (κ3) is 2.61. The fraction of sp³-hybridized carbons (Fsp3) is 0.417. The van der Waals surface area contributed by atoms with Gasteiger partial charge in [-0.1, -0.05) is 0 Å². The number of benzene rings is 1. The highest BCUT2D eigenvalue weighted by atomic mass is 16.7. The second kappa shape index (κ2) is 4.95. The van der Waals surface area contributed by atoms with E-state index < -0.39 is 0 Å². The maximum atomic E-state index is 11.0. The number of hydrogen-bond acceptors (Lipinski definition) is 3. The molecule has 0 aromatic heterocycles. The number of aryl methyl sites for hydroxylation is 1. The highest BCUT2D eigenvalue weighted by Crippen LogP contribution is 2.34. The van der Waals surface area contributed by atoms with Crippen LogP contribution in [0.25, 0.3) is 0 Å². The van der Waals surface area contributed by atoms with Gasteiger partial charge in [0.15, 0.2) is 11.5 Å². The van der Waals surface area contributed by atoms with E-state index in [0.29, 0.717) is 6.54 Å². The third-order valence-corrected chi connectivity index (χ3v) is 2.74. The van der Waals surface area contributed by atoms with E-state index in [4.69, 9.17) is 9.47 Å². The quantitative estimate of drug-likeness (QED) is 0.829. The van der Waals surface area contributed by atoms with Crippen molar-refractivity contribution in [1.29, 1.82) is 0 Å². The SMILES string of the molecule is CNC(=O)NCCc1cc2c(cc1C)OCO2. The Morgan fingerprint density at radius 1 is 1.35 bits per heavy atom. The van der Waals surface area contributed by atoms with Crippen molar-refractivity contribution < 1.29 is 14.3 Å². The second-order valence-corrected chi connectivity index (χ2v) is 3.89. The Morgan fingerprint density at radius 2 is 2.06 bits per heavy atom.